The normalized spacial score (nSPS) is 13.7. The summed E-state index contributed by atoms with van der Waals surface area (Å²) >= 11 is 0. The molecule has 0 aromatic carbocycles. The van der Waals surface area contributed by atoms with Gasteiger partial charge in [-0.3, -0.25) is 18.6 Å². The molecule has 0 aliphatic carbocycles. The maximum absolute atomic E-state index is 12.4. The Labute approximate surface area is 281 Å². The molecular weight excluding hydrogens is 605 g/mol. The number of carbonyl (C=O) groups is 2. The maximum atomic E-state index is 12.4. The third-order valence-electron chi connectivity index (χ3n) is 7.59. The molecule has 0 radical (unpaired) electrons. The van der Waals surface area contributed by atoms with Crippen molar-refractivity contribution in [2.45, 2.75) is 168 Å². The summed E-state index contributed by atoms with van der Waals surface area (Å²) < 4.78 is 32.5. The largest absolute Gasteiger partial charge is 0.472 e. The van der Waals surface area contributed by atoms with Crippen LogP contribution < -0.4 is 5.73 Å². The van der Waals surface area contributed by atoms with Gasteiger partial charge in [0.25, 0.3) is 0 Å². The fraction of sp³-hybridized carbons (Fsp3) is 0.833. The van der Waals surface area contributed by atoms with Gasteiger partial charge >= 0.3 is 19.8 Å². The van der Waals surface area contributed by atoms with Gasteiger partial charge in [-0.2, -0.15) is 0 Å². The minimum Gasteiger partial charge on any atom is -0.462 e. The molecule has 2 atom stereocenters. The summed E-state index contributed by atoms with van der Waals surface area (Å²) in [6, 6.07) is 0. The van der Waals surface area contributed by atoms with Crippen molar-refractivity contribution in [3.63, 3.8) is 0 Å². The summed E-state index contributed by atoms with van der Waals surface area (Å²) in [6.07, 6.45) is 32.2. The summed E-state index contributed by atoms with van der Waals surface area (Å²) in [4.78, 5) is 34.5. The first-order valence-electron chi connectivity index (χ1n) is 18.3. The van der Waals surface area contributed by atoms with E-state index in [2.05, 4.69) is 38.2 Å². The van der Waals surface area contributed by atoms with E-state index in [1.54, 1.807) is 0 Å². The van der Waals surface area contributed by atoms with Crippen LogP contribution in [0.2, 0.25) is 0 Å². The zero-order chi connectivity index (χ0) is 34.0. The number of hydrogen-bond acceptors (Lipinski definition) is 8. The molecule has 0 amide bonds. The van der Waals surface area contributed by atoms with Gasteiger partial charge in [-0.15, -0.1) is 0 Å². The Morgan fingerprint density at radius 3 is 1.70 bits per heavy atom. The Morgan fingerprint density at radius 2 is 1.13 bits per heavy atom. The van der Waals surface area contributed by atoms with Gasteiger partial charge < -0.3 is 20.1 Å². The smallest absolute Gasteiger partial charge is 0.462 e. The van der Waals surface area contributed by atoms with Crippen molar-refractivity contribution in [1.29, 1.82) is 0 Å². The Hall–Kier alpha value is -1.51. The fourth-order valence-electron chi connectivity index (χ4n) is 4.84. The number of nitrogens with two attached hydrogens (primary N) is 1. The van der Waals surface area contributed by atoms with E-state index in [1.165, 1.54) is 70.6 Å². The molecule has 0 aliphatic heterocycles. The van der Waals surface area contributed by atoms with Crippen LogP contribution >= 0.6 is 7.82 Å². The van der Waals surface area contributed by atoms with Crippen molar-refractivity contribution >= 4 is 19.8 Å². The third-order valence-corrected chi connectivity index (χ3v) is 8.57. The van der Waals surface area contributed by atoms with Crippen LogP contribution in [0, 0.1) is 0 Å². The van der Waals surface area contributed by atoms with Gasteiger partial charge in [0.05, 0.1) is 13.2 Å². The second-order valence-electron chi connectivity index (χ2n) is 12.1. The van der Waals surface area contributed by atoms with Crippen molar-refractivity contribution in [3.05, 3.63) is 24.3 Å². The second-order valence-corrected chi connectivity index (χ2v) is 13.5. The van der Waals surface area contributed by atoms with Gasteiger partial charge in [-0.05, 0) is 44.9 Å². The molecule has 0 aromatic heterocycles. The molecule has 1 unspecified atom stereocenters. The number of hydrogen-bond donors (Lipinski definition) is 2. The number of rotatable bonds is 34. The highest BCUT2D eigenvalue weighted by Crippen LogP contribution is 2.43. The van der Waals surface area contributed by atoms with E-state index in [-0.39, 0.29) is 32.6 Å². The highest BCUT2D eigenvalue weighted by atomic mass is 31.2. The second kappa shape index (κ2) is 33.4. The molecule has 0 bridgehead atoms. The summed E-state index contributed by atoms with van der Waals surface area (Å²) in [5.41, 5.74) is 5.31. The quantitative estimate of drug-likeness (QED) is 0.0296. The first kappa shape index (κ1) is 44.5. The van der Waals surface area contributed by atoms with Gasteiger partial charge in [-0.1, -0.05) is 128 Å². The predicted octanol–water partition coefficient (Wildman–Crippen LogP) is 9.66. The molecule has 0 spiro atoms. The van der Waals surface area contributed by atoms with E-state index in [9.17, 15) is 19.0 Å². The van der Waals surface area contributed by atoms with Crippen molar-refractivity contribution in [2.75, 3.05) is 26.4 Å². The first-order chi connectivity index (χ1) is 22.3. The van der Waals surface area contributed by atoms with Crippen molar-refractivity contribution < 1.29 is 37.6 Å². The average Bonchev–Trinajstić information content (AvgIpc) is 3.04. The van der Waals surface area contributed by atoms with E-state index in [0.29, 0.717) is 6.42 Å². The first-order valence-corrected chi connectivity index (χ1v) is 19.8. The van der Waals surface area contributed by atoms with Crippen LogP contribution in [0.1, 0.15) is 162 Å². The molecule has 0 rings (SSSR count). The molecular formula is C36H68NO8P. The Morgan fingerprint density at radius 1 is 0.652 bits per heavy atom. The summed E-state index contributed by atoms with van der Waals surface area (Å²) in [5, 5.41) is 0. The molecule has 0 saturated carbocycles. The monoisotopic (exact) mass is 673 g/mol. The van der Waals surface area contributed by atoms with Crippen LogP contribution in [0.15, 0.2) is 24.3 Å². The Bertz CT molecular complexity index is 820. The van der Waals surface area contributed by atoms with Gasteiger partial charge in [0.2, 0.25) is 0 Å². The van der Waals surface area contributed by atoms with E-state index in [0.717, 1.165) is 57.8 Å². The van der Waals surface area contributed by atoms with Gasteiger partial charge in [0, 0.05) is 19.4 Å². The summed E-state index contributed by atoms with van der Waals surface area (Å²) in [7, 11) is -4.36. The number of ether oxygens (including phenoxy) is 2. The molecule has 0 aliphatic rings. The van der Waals surface area contributed by atoms with Gasteiger partial charge in [0.15, 0.2) is 6.10 Å². The molecule has 0 heterocycles. The maximum Gasteiger partial charge on any atom is 0.472 e. The van der Waals surface area contributed by atoms with Gasteiger partial charge in [0.1, 0.15) is 6.61 Å². The van der Waals surface area contributed by atoms with Crippen molar-refractivity contribution in [1.82, 2.24) is 0 Å². The minimum absolute atomic E-state index is 0.0533. The fourth-order valence-corrected chi connectivity index (χ4v) is 5.60. The minimum atomic E-state index is -4.36. The lowest BCUT2D eigenvalue weighted by atomic mass is 10.1. The lowest BCUT2D eigenvalue weighted by Crippen LogP contribution is -2.29. The summed E-state index contributed by atoms with van der Waals surface area (Å²) in [5.74, 6) is -0.842. The molecule has 9 nitrogen and oxygen atoms in total. The van der Waals surface area contributed by atoms with Crippen molar-refractivity contribution in [3.8, 4) is 0 Å². The van der Waals surface area contributed by atoms with Crippen LogP contribution in [-0.4, -0.2) is 49.3 Å². The topological polar surface area (TPSA) is 134 Å². The van der Waals surface area contributed by atoms with Crippen LogP contribution in [0.4, 0.5) is 0 Å². The number of unbranched alkanes of at least 4 members (excludes halogenated alkanes) is 17. The molecule has 0 aromatic rings. The Kier molecular flexibility index (Phi) is 32.3. The highest BCUT2D eigenvalue weighted by Gasteiger charge is 2.25. The molecule has 270 valence electrons. The zero-order valence-corrected chi connectivity index (χ0v) is 30.2. The number of allylic oxidation sites excluding steroid dienone is 4. The standard InChI is InChI=1S/C36H68NO8P/c1-3-5-7-9-11-13-14-15-16-17-18-19-20-21-23-24-26-28-35(38)42-32-34(33-44-46(40,41)43-31-30-37)45-36(39)29-27-25-22-12-10-8-6-4-2/h11,13,15-16,34H,3-10,12,14,17-33,37H2,1-2H3,(H,40,41)/b13-11+,16-15+/t34-/m0/s1. The van der Waals surface area contributed by atoms with Crippen LogP contribution in [0.25, 0.3) is 0 Å². The van der Waals surface area contributed by atoms with E-state index >= 15 is 0 Å². The van der Waals surface area contributed by atoms with Crippen LogP contribution in [0.5, 0.6) is 0 Å². The Balaban J connectivity index is 4.17. The SMILES string of the molecule is CCCCC/C=C/C/C=C/CCCCCCCCCC(=O)OC[C@@H](COP(=O)(O)OCCN)OC(=O)CCCCCCCCCC. The summed E-state index contributed by atoms with van der Waals surface area (Å²) in [6.45, 7) is 3.65. The number of carbonyl (C=O) groups excluding carboxylic acids is 2. The van der Waals surface area contributed by atoms with E-state index in [1.807, 2.05) is 0 Å². The van der Waals surface area contributed by atoms with Gasteiger partial charge in [-0.25, -0.2) is 4.57 Å². The lowest BCUT2D eigenvalue weighted by Gasteiger charge is -2.19. The van der Waals surface area contributed by atoms with E-state index < -0.39 is 32.5 Å². The number of phosphoric acid groups is 1. The molecule has 3 N–H and O–H groups in total. The third kappa shape index (κ3) is 32.4. The predicted molar refractivity (Wildman–Crippen MR) is 187 cm³/mol. The lowest BCUT2D eigenvalue weighted by molar-refractivity contribution is -0.161. The highest BCUT2D eigenvalue weighted by molar-refractivity contribution is 7.47. The number of esters is 2. The average molecular weight is 674 g/mol. The molecule has 46 heavy (non-hydrogen) atoms. The molecule has 10 heteroatoms. The zero-order valence-electron chi connectivity index (χ0n) is 29.3. The van der Waals surface area contributed by atoms with Crippen LogP contribution in [0.3, 0.4) is 0 Å². The number of phosphoric ester groups is 1. The van der Waals surface area contributed by atoms with E-state index in [4.69, 9.17) is 24.3 Å². The molecule has 0 saturated heterocycles. The van der Waals surface area contributed by atoms with Crippen molar-refractivity contribution in [2.24, 2.45) is 5.73 Å². The molecule has 0 fully saturated rings. The van der Waals surface area contributed by atoms with Crippen LogP contribution in [-0.2, 0) is 32.7 Å².